The molecule has 0 saturated carbocycles. The summed E-state index contributed by atoms with van der Waals surface area (Å²) >= 11 is 0. The van der Waals surface area contributed by atoms with Gasteiger partial charge in [0.25, 0.3) is 0 Å². The molecule has 0 spiro atoms. The van der Waals surface area contributed by atoms with Gasteiger partial charge in [-0.05, 0) is 43.2 Å². The van der Waals surface area contributed by atoms with E-state index in [1.165, 1.54) is 28.1 Å². The summed E-state index contributed by atoms with van der Waals surface area (Å²) in [5, 5.41) is 0. The molecule has 0 radical (unpaired) electrons. The lowest BCUT2D eigenvalue weighted by atomic mass is 9.83. The first kappa shape index (κ1) is 21.0. The minimum Gasteiger partial charge on any atom is -0.418 e. The van der Waals surface area contributed by atoms with Gasteiger partial charge in [-0.2, -0.15) is 0 Å². The Hall–Kier alpha value is -2.31. The van der Waals surface area contributed by atoms with Crippen LogP contribution in [0.2, 0.25) is 0 Å². The van der Waals surface area contributed by atoms with E-state index >= 15 is 0 Å². The number of allylic oxidation sites excluding steroid dienone is 1. The molecule has 0 aliphatic carbocycles. The number of pyridine rings is 1. The molecule has 2 aromatic rings. The molecule has 0 fully saturated rings. The third-order valence-electron chi connectivity index (χ3n) is 4.88. The van der Waals surface area contributed by atoms with Crippen molar-refractivity contribution in [1.29, 1.82) is 0 Å². The number of hydrogen-bond acceptors (Lipinski definition) is 1. The molecule has 0 unspecified atom stereocenters. The monoisotopic (exact) mass is 380 g/mol. The molecule has 0 saturated heterocycles. The van der Waals surface area contributed by atoms with Gasteiger partial charge in [0, 0.05) is 35.0 Å². The first-order chi connectivity index (χ1) is 12.5. The molecule has 146 valence electrons. The lowest BCUT2D eigenvalue weighted by Crippen LogP contribution is -2.30. The van der Waals surface area contributed by atoms with E-state index in [1.54, 1.807) is 0 Å². The number of aryl methyl sites for hydroxylation is 1. The van der Waals surface area contributed by atoms with Crippen LogP contribution in [-0.4, -0.2) is 13.8 Å². The Morgan fingerprint density at radius 2 is 1.70 bits per heavy atom. The highest BCUT2D eigenvalue weighted by molar-refractivity contribution is 6.50. The number of nitrogens with zero attached hydrogens (tertiary/aromatic N) is 2. The van der Waals surface area contributed by atoms with E-state index < -0.39 is 7.25 Å². The molecule has 0 bridgehead atoms. The molecule has 27 heavy (non-hydrogen) atoms. The lowest BCUT2D eigenvalue weighted by molar-refractivity contribution is -0.693. The van der Waals surface area contributed by atoms with Crippen LogP contribution >= 0.6 is 0 Å². The SMILES string of the molecule is C=C1N(CC)c2ccc(-c3ccc[n+](CC)c3)cc2C1(C)C.F[B-](F)(F)F. The second kappa shape index (κ2) is 7.75. The van der Waals surface area contributed by atoms with Gasteiger partial charge in [0.05, 0.1) is 0 Å². The smallest absolute Gasteiger partial charge is 0.418 e. The van der Waals surface area contributed by atoms with Crippen LogP contribution in [-0.2, 0) is 12.0 Å². The summed E-state index contributed by atoms with van der Waals surface area (Å²) in [5.74, 6) is 0. The van der Waals surface area contributed by atoms with Gasteiger partial charge in [0.2, 0.25) is 0 Å². The fourth-order valence-corrected chi connectivity index (χ4v) is 3.34. The zero-order chi connectivity index (χ0) is 20.4. The Bertz CT molecular complexity index is 825. The maximum absolute atomic E-state index is 9.75. The maximum atomic E-state index is 9.75. The van der Waals surface area contributed by atoms with Crippen molar-refractivity contribution in [2.24, 2.45) is 0 Å². The molecule has 1 aromatic carbocycles. The highest BCUT2D eigenvalue weighted by Gasteiger charge is 2.38. The molecular weight excluding hydrogens is 355 g/mol. The summed E-state index contributed by atoms with van der Waals surface area (Å²) in [7, 11) is -6.00. The van der Waals surface area contributed by atoms with E-state index in [0.717, 1.165) is 13.1 Å². The Labute approximate surface area is 158 Å². The van der Waals surface area contributed by atoms with Crippen molar-refractivity contribution in [2.45, 2.75) is 39.7 Å². The number of rotatable bonds is 3. The highest BCUT2D eigenvalue weighted by atomic mass is 19.5. The number of hydrogen-bond donors (Lipinski definition) is 0. The maximum Gasteiger partial charge on any atom is 0.673 e. The van der Waals surface area contributed by atoms with Gasteiger partial charge >= 0.3 is 7.25 Å². The lowest BCUT2D eigenvalue weighted by Gasteiger charge is -2.24. The van der Waals surface area contributed by atoms with Crippen LogP contribution in [0.3, 0.4) is 0 Å². The number of halogens is 4. The van der Waals surface area contributed by atoms with Crippen LogP contribution in [0.5, 0.6) is 0 Å². The van der Waals surface area contributed by atoms with Crippen LogP contribution in [0.4, 0.5) is 23.0 Å². The van der Waals surface area contributed by atoms with Crippen molar-refractivity contribution < 1.29 is 21.8 Å². The molecule has 0 amide bonds. The predicted molar refractivity (Wildman–Crippen MR) is 103 cm³/mol. The number of likely N-dealkylation sites (N-methyl/N-ethyl adjacent to an activating group) is 1. The van der Waals surface area contributed by atoms with E-state index in [-0.39, 0.29) is 5.41 Å². The number of anilines is 1. The fraction of sp³-hybridized carbons (Fsp3) is 0.350. The van der Waals surface area contributed by atoms with Gasteiger partial charge in [-0.25, -0.2) is 4.57 Å². The number of benzene rings is 1. The Balaban J connectivity index is 0.000000465. The normalized spacial score (nSPS) is 15.3. The molecule has 7 heteroatoms. The van der Waals surface area contributed by atoms with E-state index in [9.17, 15) is 17.3 Å². The van der Waals surface area contributed by atoms with Gasteiger partial charge in [0.15, 0.2) is 12.4 Å². The minimum atomic E-state index is -6.00. The summed E-state index contributed by atoms with van der Waals surface area (Å²) in [4.78, 5) is 2.33. The molecule has 1 aliphatic rings. The third-order valence-corrected chi connectivity index (χ3v) is 4.88. The largest absolute Gasteiger partial charge is 0.673 e. The molecule has 1 aliphatic heterocycles. The fourth-order valence-electron chi connectivity index (χ4n) is 3.34. The summed E-state index contributed by atoms with van der Waals surface area (Å²) in [5.41, 5.74) is 6.42. The Morgan fingerprint density at radius 3 is 2.26 bits per heavy atom. The van der Waals surface area contributed by atoms with Gasteiger partial charge < -0.3 is 22.2 Å². The quantitative estimate of drug-likeness (QED) is 0.382. The van der Waals surface area contributed by atoms with Crippen LogP contribution in [0, 0.1) is 0 Å². The zero-order valence-electron chi connectivity index (χ0n) is 16.1. The molecule has 3 rings (SSSR count). The summed E-state index contributed by atoms with van der Waals surface area (Å²) in [6.45, 7) is 15.2. The predicted octanol–water partition coefficient (Wildman–Crippen LogP) is 5.59. The molecule has 2 heterocycles. The molecular formula is C20H25BF4N2. The summed E-state index contributed by atoms with van der Waals surface area (Å²) in [6, 6.07) is 11.1. The standard InChI is InChI=1S/C20H25N2.BF4/c1-6-21-12-8-9-17(14-21)16-10-11-19-18(13-16)20(4,5)15(3)22(19)7-2;2-1(3,4)5/h8-14H,3,6-7H2,1-2,4-5H3;/q+1;-1. The van der Waals surface area contributed by atoms with E-state index in [1.807, 2.05) is 0 Å². The van der Waals surface area contributed by atoms with Crippen LogP contribution in [0.25, 0.3) is 11.1 Å². The summed E-state index contributed by atoms with van der Waals surface area (Å²) in [6.07, 6.45) is 4.33. The van der Waals surface area contributed by atoms with Crippen molar-refractivity contribution in [2.75, 3.05) is 11.4 Å². The molecule has 1 aromatic heterocycles. The van der Waals surface area contributed by atoms with Crippen molar-refractivity contribution in [3.8, 4) is 11.1 Å². The Kier molecular flexibility index (Phi) is 6.02. The minimum absolute atomic E-state index is 0.00311. The second-order valence-corrected chi connectivity index (χ2v) is 6.97. The highest BCUT2D eigenvalue weighted by Crippen LogP contribution is 2.47. The van der Waals surface area contributed by atoms with E-state index in [0.29, 0.717) is 0 Å². The average molecular weight is 380 g/mol. The molecule has 0 atom stereocenters. The average Bonchev–Trinajstić information content (AvgIpc) is 2.79. The second-order valence-electron chi connectivity index (χ2n) is 6.97. The topological polar surface area (TPSA) is 7.12 Å². The van der Waals surface area contributed by atoms with Gasteiger partial charge in [0.1, 0.15) is 6.54 Å². The third kappa shape index (κ3) is 4.70. The first-order valence-corrected chi connectivity index (χ1v) is 8.97. The van der Waals surface area contributed by atoms with E-state index in [2.05, 4.69) is 86.5 Å². The first-order valence-electron chi connectivity index (χ1n) is 8.97. The van der Waals surface area contributed by atoms with E-state index in [4.69, 9.17) is 0 Å². The van der Waals surface area contributed by atoms with Crippen molar-refractivity contribution in [3.05, 3.63) is 60.6 Å². The molecule has 2 nitrogen and oxygen atoms in total. The van der Waals surface area contributed by atoms with Crippen LogP contribution < -0.4 is 9.47 Å². The van der Waals surface area contributed by atoms with Crippen LogP contribution in [0.1, 0.15) is 33.3 Å². The number of fused-ring (bicyclic) bond motifs is 1. The van der Waals surface area contributed by atoms with Crippen molar-refractivity contribution in [1.82, 2.24) is 0 Å². The summed E-state index contributed by atoms with van der Waals surface area (Å²) < 4.78 is 41.2. The zero-order valence-corrected chi connectivity index (χ0v) is 16.1. The van der Waals surface area contributed by atoms with Crippen LogP contribution in [0.15, 0.2) is 55.0 Å². The van der Waals surface area contributed by atoms with Gasteiger partial charge in [-0.15, -0.1) is 0 Å². The van der Waals surface area contributed by atoms with Gasteiger partial charge in [-0.3, -0.25) is 0 Å². The molecule has 0 N–H and O–H groups in total. The van der Waals surface area contributed by atoms with Gasteiger partial charge in [-0.1, -0.05) is 26.5 Å². The Morgan fingerprint density at radius 1 is 1.07 bits per heavy atom. The van der Waals surface area contributed by atoms with Crippen molar-refractivity contribution >= 4 is 12.9 Å². The van der Waals surface area contributed by atoms with Crippen molar-refractivity contribution in [3.63, 3.8) is 0 Å². The number of aromatic nitrogens is 1.